The lowest BCUT2D eigenvalue weighted by Crippen LogP contribution is -2.15. The van der Waals surface area contributed by atoms with Crippen LogP contribution in [0.15, 0.2) is 59.1 Å². The van der Waals surface area contributed by atoms with E-state index in [2.05, 4.69) is 21.2 Å². The summed E-state index contributed by atoms with van der Waals surface area (Å²) >= 11 is 3.33. The van der Waals surface area contributed by atoms with Crippen LogP contribution in [-0.4, -0.2) is 18.5 Å². The van der Waals surface area contributed by atoms with Gasteiger partial charge in [0.2, 0.25) is 5.91 Å². The molecule has 2 rings (SSSR count). The topological polar surface area (TPSA) is 55.4 Å². The highest BCUT2D eigenvalue weighted by molar-refractivity contribution is 9.10. The Bertz CT molecular complexity index is 656. The zero-order valence-electron chi connectivity index (χ0n) is 13.3. The standard InChI is InChI=1S/C19H20BrNO3/c20-16-8-10-17(11-9-16)21-18(22)12-13-19(23)24-14-4-7-15-5-2-1-3-6-15/h1-3,5-6,8-11H,4,7,12-14H2,(H,21,22). The number of carbonyl (C=O) groups excluding carboxylic acids is 2. The highest BCUT2D eigenvalue weighted by Crippen LogP contribution is 2.14. The van der Waals surface area contributed by atoms with E-state index in [-0.39, 0.29) is 24.7 Å². The predicted molar refractivity (Wildman–Crippen MR) is 97.7 cm³/mol. The first-order chi connectivity index (χ1) is 11.6. The summed E-state index contributed by atoms with van der Waals surface area (Å²) in [7, 11) is 0. The normalized spacial score (nSPS) is 10.2. The van der Waals surface area contributed by atoms with Crippen LogP contribution in [0.3, 0.4) is 0 Å². The fourth-order valence-corrected chi connectivity index (χ4v) is 2.42. The van der Waals surface area contributed by atoms with Gasteiger partial charge in [0.05, 0.1) is 13.0 Å². The zero-order valence-corrected chi connectivity index (χ0v) is 14.9. The number of aryl methyl sites for hydroxylation is 1. The molecule has 0 aliphatic rings. The number of nitrogens with one attached hydrogen (secondary N) is 1. The molecule has 0 heterocycles. The molecule has 1 amide bonds. The molecular weight excluding hydrogens is 370 g/mol. The number of benzene rings is 2. The zero-order chi connectivity index (χ0) is 17.2. The molecule has 0 radical (unpaired) electrons. The number of esters is 1. The van der Waals surface area contributed by atoms with Crippen molar-refractivity contribution < 1.29 is 14.3 Å². The Labute approximate surface area is 150 Å². The van der Waals surface area contributed by atoms with Gasteiger partial charge in [-0.05, 0) is 42.7 Å². The Morgan fingerprint density at radius 1 is 0.958 bits per heavy atom. The predicted octanol–water partition coefficient (Wildman–Crippen LogP) is 4.34. The van der Waals surface area contributed by atoms with Crippen LogP contribution < -0.4 is 5.32 Å². The van der Waals surface area contributed by atoms with E-state index in [0.717, 1.165) is 17.3 Å². The molecule has 0 bridgehead atoms. The van der Waals surface area contributed by atoms with Crippen molar-refractivity contribution in [3.8, 4) is 0 Å². The molecule has 4 nitrogen and oxygen atoms in total. The van der Waals surface area contributed by atoms with Gasteiger partial charge in [0.25, 0.3) is 0 Å². The van der Waals surface area contributed by atoms with Crippen molar-refractivity contribution in [3.63, 3.8) is 0 Å². The Kier molecular flexibility index (Phi) is 7.49. The van der Waals surface area contributed by atoms with Crippen molar-refractivity contribution in [2.24, 2.45) is 0 Å². The van der Waals surface area contributed by atoms with Gasteiger partial charge in [0.1, 0.15) is 0 Å². The van der Waals surface area contributed by atoms with Crippen LogP contribution in [0, 0.1) is 0 Å². The third-order valence-electron chi connectivity index (χ3n) is 3.40. The van der Waals surface area contributed by atoms with E-state index in [0.29, 0.717) is 12.3 Å². The number of hydrogen-bond donors (Lipinski definition) is 1. The number of rotatable bonds is 8. The Hall–Kier alpha value is -2.14. The molecule has 2 aromatic carbocycles. The third-order valence-corrected chi connectivity index (χ3v) is 3.93. The van der Waals surface area contributed by atoms with Crippen molar-refractivity contribution in [2.45, 2.75) is 25.7 Å². The minimum atomic E-state index is -0.339. The monoisotopic (exact) mass is 389 g/mol. The minimum Gasteiger partial charge on any atom is -0.466 e. The molecule has 0 aliphatic carbocycles. The fourth-order valence-electron chi connectivity index (χ4n) is 2.15. The molecule has 5 heteroatoms. The molecule has 2 aromatic rings. The molecule has 0 aromatic heterocycles. The third kappa shape index (κ3) is 6.96. The number of carbonyl (C=O) groups is 2. The smallest absolute Gasteiger partial charge is 0.306 e. The van der Waals surface area contributed by atoms with E-state index >= 15 is 0 Å². The lowest BCUT2D eigenvalue weighted by atomic mass is 10.1. The van der Waals surface area contributed by atoms with Gasteiger partial charge in [0.15, 0.2) is 0 Å². The largest absolute Gasteiger partial charge is 0.466 e. The number of halogens is 1. The van der Waals surface area contributed by atoms with Gasteiger partial charge in [-0.1, -0.05) is 46.3 Å². The van der Waals surface area contributed by atoms with Gasteiger partial charge in [-0.25, -0.2) is 0 Å². The number of hydrogen-bond acceptors (Lipinski definition) is 3. The molecule has 0 aliphatic heterocycles. The number of ether oxygens (including phenoxy) is 1. The molecule has 0 atom stereocenters. The van der Waals surface area contributed by atoms with Gasteiger partial charge in [-0.2, -0.15) is 0 Å². The maximum Gasteiger partial charge on any atom is 0.306 e. The van der Waals surface area contributed by atoms with Crippen LogP contribution in [0.1, 0.15) is 24.8 Å². The van der Waals surface area contributed by atoms with Crippen molar-refractivity contribution in [1.29, 1.82) is 0 Å². The fraction of sp³-hybridized carbons (Fsp3) is 0.263. The van der Waals surface area contributed by atoms with E-state index in [1.165, 1.54) is 5.56 Å². The molecule has 0 unspecified atom stereocenters. The summed E-state index contributed by atoms with van der Waals surface area (Å²) in [6.07, 6.45) is 1.86. The minimum absolute atomic E-state index is 0.0910. The molecule has 0 spiro atoms. The summed E-state index contributed by atoms with van der Waals surface area (Å²) in [6, 6.07) is 17.3. The second-order valence-corrected chi connectivity index (χ2v) is 6.28. The summed E-state index contributed by atoms with van der Waals surface area (Å²) in [4.78, 5) is 23.4. The van der Waals surface area contributed by atoms with Gasteiger partial charge in [0, 0.05) is 16.6 Å². The molecule has 126 valence electrons. The van der Waals surface area contributed by atoms with Crippen LogP contribution >= 0.6 is 15.9 Å². The lowest BCUT2D eigenvalue weighted by molar-refractivity contribution is -0.144. The molecule has 24 heavy (non-hydrogen) atoms. The Morgan fingerprint density at radius 3 is 2.38 bits per heavy atom. The van der Waals surface area contributed by atoms with Gasteiger partial charge in [-0.3, -0.25) is 9.59 Å². The van der Waals surface area contributed by atoms with Crippen LogP contribution in [-0.2, 0) is 20.7 Å². The van der Waals surface area contributed by atoms with Crippen LogP contribution in [0.4, 0.5) is 5.69 Å². The first-order valence-corrected chi connectivity index (χ1v) is 8.68. The van der Waals surface area contributed by atoms with E-state index in [4.69, 9.17) is 4.74 Å². The first kappa shape index (κ1) is 18.2. The average Bonchev–Trinajstić information content (AvgIpc) is 2.60. The SMILES string of the molecule is O=C(CCC(=O)OCCCc1ccccc1)Nc1ccc(Br)cc1. The molecule has 0 fully saturated rings. The summed E-state index contributed by atoms with van der Waals surface area (Å²) in [5.41, 5.74) is 1.93. The summed E-state index contributed by atoms with van der Waals surface area (Å²) in [5, 5.41) is 2.75. The molecule has 0 saturated heterocycles. The molecule has 1 N–H and O–H groups in total. The quantitative estimate of drug-likeness (QED) is 0.539. The van der Waals surface area contributed by atoms with Crippen LogP contribution in [0.25, 0.3) is 0 Å². The van der Waals surface area contributed by atoms with E-state index in [1.807, 2.05) is 42.5 Å². The second-order valence-electron chi connectivity index (χ2n) is 5.36. The van der Waals surface area contributed by atoms with Crippen LogP contribution in [0.2, 0.25) is 0 Å². The van der Waals surface area contributed by atoms with Gasteiger partial charge >= 0.3 is 5.97 Å². The maximum atomic E-state index is 11.8. The van der Waals surface area contributed by atoms with Gasteiger partial charge < -0.3 is 10.1 Å². The Morgan fingerprint density at radius 2 is 1.67 bits per heavy atom. The maximum absolute atomic E-state index is 11.8. The van der Waals surface area contributed by atoms with E-state index < -0.39 is 0 Å². The highest BCUT2D eigenvalue weighted by atomic mass is 79.9. The average molecular weight is 390 g/mol. The van der Waals surface area contributed by atoms with Gasteiger partial charge in [-0.15, -0.1) is 0 Å². The van der Waals surface area contributed by atoms with Crippen molar-refractivity contribution >= 4 is 33.5 Å². The van der Waals surface area contributed by atoms with Crippen molar-refractivity contribution in [3.05, 3.63) is 64.6 Å². The second kappa shape index (κ2) is 9.88. The summed E-state index contributed by atoms with van der Waals surface area (Å²) in [6.45, 7) is 0.377. The van der Waals surface area contributed by atoms with E-state index in [9.17, 15) is 9.59 Å². The Balaban J connectivity index is 1.58. The number of anilines is 1. The van der Waals surface area contributed by atoms with Crippen LogP contribution in [0.5, 0.6) is 0 Å². The molecular formula is C19H20BrNO3. The molecule has 0 saturated carbocycles. The van der Waals surface area contributed by atoms with Crippen molar-refractivity contribution in [1.82, 2.24) is 0 Å². The lowest BCUT2D eigenvalue weighted by Gasteiger charge is -2.06. The number of amides is 1. The van der Waals surface area contributed by atoms with Crippen molar-refractivity contribution in [2.75, 3.05) is 11.9 Å². The summed E-state index contributed by atoms with van der Waals surface area (Å²) < 4.78 is 6.10. The van der Waals surface area contributed by atoms with E-state index in [1.54, 1.807) is 12.1 Å². The first-order valence-electron chi connectivity index (χ1n) is 7.88. The summed E-state index contributed by atoms with van der Waals surface area (Å²) in [5.74, 6) is -0.535. The highest BCUT2D eigenvalue weighted by Gasteiger charge is 2.08.